The van der Waals surface area contributed by atoms with Crippen LogP contribution in [-0.4, -0.2) is 39.9 Å². The maximum Gasteiger partial charge on any atom is 0.274 e. The van der Waals surface area contributed by atoms with Gasteiger partial charge in [-0.15, -0.1) is 0 Å². The molecule has 0 aliphatic carbocycles. The summed E-state index contributed by atoms with van der Waals surface area (Å²) >= 11 is 0. The van der Waals surface area contributed by atoms with E-state index in [1.54, 1.807) is 11.0 Å². The molecule has 0 spiro atoms. The summed E-state index contributed by atoms with van der Waals surface area (Å²) in [6.07, 6.45) is 1.64. The highest BCUT2D eigenvalue weighted by atomic mass is 16.2. The zero-order valence-electron chi connectivity index (χ0n) is 14.7. The number of aromatic nitrogens is 2. The fourth-order valence-electron chi connectivity index (χ4n) is 3.73. The average molecular weight is 347 g/mol. The van der Waals surface area contributed by atoms with E-state index in [1.165, 1.54) is 0 Å². The Morgan fingerprint density at radius 2 is 1.96 bits per heavy atom. The van der Waals surface area contributed by atoms with E-state index in [0.29, 0.717) is 18.8 Å². The number of likely N-dealkylation sites (tertiary alicyclic amines) is 1. The van der Waals surface area contributed by atoms with Crippen molar-refractivity contribution in [1.29, 1.82) is 0 Å². The van der Waals surface area contributed by atoms with Crippen molar-refractivity contribution in [2.75, 3.05) is 13.1 Å². The first-order chi connectivity index (χ1) is 12.6. The second-order valence-corrected chi connectivity index (χ2v) is 6.92. The quantitative estimate of drug-likeness (QED) is 0.736. The maximum absolute atomic E-state index is 13.2. The molecule has 5 heteroatoms. The molecule has 1 N–H and O–H groups in total. The van der Waals surface area contributed by atoms with Gasteiger partial charge in [0.25, 0.3) is 5.91 Å². The van der Waals surface area contributed by atoms with Crippen molar-refractivity contribution < 1.29 is 9.59 Å². The minimum Gasteiger partial charge on any atom is -0.337 e. The molecule has 1 saturated heterocycles. The number of carbonyl (C=O) groups is 2. The van der Waals surface area contributed by atoms with Gasteiger partial charge in [0.1, 0.15) is 5.69 Å². The molecule has 4 rings (SSSR count). The Balaban J connectivity index is 1.57. The molecule has 1 aliphatic heterocycles. The van der Waals surface area contributed by atoms with Crippen LogP contribution in [0.5, 0.6) is 0 Å². The third kappa shape index (κ3) is 3.01. The topological polar surface area (TPSA) is 66.1 Å². The number of nitrogens with one attached hydrogen (secondary N) is 1. The molecule has 0 saturated carbocycles. The fraction of sp³-hybridized carbons (Fsp3) is 0.286. The Labute approximate surface area is 152 Å². The lowest BCUT2D eigenvalue weighted by Gasteiger charge is -2.31. The van der Waals surface area contributed by atoms with Gasteiger partial charge in [-0.05, 0) is 36.6 Å². The molecular weight excluding hydrogens is 326 g/mol. The number of hydrogen-bond donors (Lipinski definition) is 1. The number of fused-ring (bicyclic) bond motifs is 1. The number of aromatic amines is 1. The first-order valence-corrected chi connectivity index (χ1v) is 8.97. The minimum absolute atomic E-state index is 0.107. The normalized spacial score (nSPS) is 17.4. The zero-order chi connectivity index (χ0) is 18.1. The van der Waals surface area contributed by atoms with Crippen LogP contribution >= 0.6 is 0 Å². The number of ketones is 1. The van der Waals surface area contributed by atoms with Crippen LogP contribution < -0.4 is 0 Å². The predicted molar refractivity (Wildman–Crippen MR) is 100 cm³/mol. The third-order valence-corrected chi connectivity index (χ3v) is 5.06. The highest BCUT2D eigenvalue weighted by Gasteiger charge is 2.30. The van der Waals surface area contributed by atoms with Crippen molar-refractivity contribution >= 4 is 22.5 Å². The van der Waals surface area contributed by atoms with Crippen molar-refractivity contribution in [3.05, 3.63) is 65.5 Å². The Morgan fingerprint density at radius 1 is 1.15 bits per heavy atom. The summed E-state index contributed by atoms with van der Waals surface area (Å²) in [7, 11) is 0. The molecule has 2 aromatic carbocycles. The van der Waals surface area contributed by atoms with Crippen molar-refractivity contribution in [3.63, 3.8) is 0 Å². The van der Waals surface area contributed by atoms with Crippen LogP contribution in [0.1, 0.15) is 39.4 Å². The van der Waals surface area contributed by atoms with Crippen molar-refractivity contribution in [1.82, 2.24) is 15.1 Å². The molecule has 1 fully saturated rings. The van der Waals surface area contributed by atoms with Crippen molar-refractivity contribution in [3.8, 4) is 0 Å². The molecule has 132 valence electrons. The molecule has 1 atom stereocenters. The third-order valence-electron chi connectivity index (χ3n) is 5.06. The van der Waals surface area contributed by atoms with Crippen molar-refractivity contribution in [2.45, 2.75) is 19.8 Å². The highest BCUT2D eigenvalue weighted by Crippen LogP contribution is 2.26. The number of piperidine rings is 1. The molecular formula is C21H21N3O2. The Bertz CT molecular complexity index is 971. The molecule has 1 amide bonds. The molecule has 0 unspecified atom stereocenters. The lowest BCUT2D eigenvalue weighted by molar-refractivity contribution is 0.0632. The van der Waals surface area contributed by atoms with Gasteiger partial charge in [0.05, 0.1) is 0 Å². The van der Waals surface area contributed by atoms with Gasteiger partial charge in [0.15, 0.2) is 5.78 Å². The number of carbonyl (C=O) groups excluding carboxylic acids is 2. The van der Waals surface area contributed by atoms with E-state index in [2.05, 4.69) is 10.2 Å². The number of H-pyrrole nitrogens is 1. The standard InChI is InChI=1S/C21H21N3O2/c1-14-12-19(23-22-14)21(26)24-11-5-8-16(13-24)20(25)18-10-4-7-15-6-2-3-9-17(15)18/h2-4,6-7,9-10,12,16H,5,8,11,13H2,1H3,(H,22,23)/t16-/m0/s1. The van der Waals surface area contributed by atoms with Crippen LogP contribution in [0.25, 0.3) is 10.8 Å². The number of benzene rings is 2. The van der Waals surface area contributed by atoms with E-state index < -0.39 is 0 Å². The molecule has 5 nitrogen and oxygen atoms in total. The minimum atomic E-state index is -0.168. The molecule has 26 heavy (non-hydrogen) atoms. The number of Topliss-reactive ketones (excluding diaryl/α,β-unsaturated/α-hetero) is 1. The van der Waals surface area contributed by atoms with Gasteiger partial charge in [-0.1, -0.05) is 42.5 Å². The molecule has 0 radical (unpaired) electrons. The highest BCUT2D eigenvalue weighted by molar-refractivity contribution is 6.09. The Kier molecular flexibility index (Phi) is 4.29. The lowest BCUT2D eigenvalue weighted by Crippen LogP contribution is -2.42. The summed E-state index contributed by atoms with van der Waals surface area (Å²) in [4.78, 5) is 27.6. The second kappa shape index (κ2) is 6.75. The summed E-state index contributed by atoms with van der Waals surface area (Å²) in [5.41, 5.74) is 2.02. The van der Waals surface area contributed by atoms with E-state index in [1.807, 2.05) is 49.4 Å². The van der Waals surface area contributed by atoms with Gasteiger partial charge in [0.2, 0.25) is 0 Å². The van der Waals surface area contributed by atoms with Gasteiger partial charge in [0, 0.05) is 30.3 Å². The van der Waals surface area contributed by atoms with E-state index in [0.717, 1.165) is 34.9 Å². The van der Waals surface area contributed by atoms with Crippen LogP contribution in [0, 0.1) is 12.8 Å². The number of aryl methyl sites for hydroxylation is 1. The molecule has 1 aliphatic rings. The summed E-state index contributed by atoms with van der Waals surface area (Å²) in [5.74, 6) is -0.152. The summed E-state index contributed by atoms with van der Waals surface area (Å²) < 4.78 is 0. The average Bonchev–Trinajstić information content (AvgIpc) is 3.13. The zero-order valence-corrected chi connectivity index (χ0v) is 14.7. The number of rotatable bonds is 3. The van der Waals surface area contributed by atoms with Crippen LogP contribution in [0.2, 0.25) is 0 Å². The molecule has 2 heterocycles. The molecule has 0 bridgehead atoms. The molecule has 3 aromatic rings. The Hall–Kier alpha value is -2.95. The first kappa shape index (κ1) is 16.5. The largest absolute Gasteiger partial charge is 0.337 e. The van der Waals surface area contributed by atoms with Gasteiger partial charge < -0.3 is 4.90 Å². The van der Waals surface area contributed by atoms with E-state index in [4.69, 9.17) is 0 Å². The SMILES string of the molecule is Cc1cc(C(=O)N2CCC[C@H](C(=O)c3cccc4ccccc34)C2)n[nH]1. The van der Waals surface area contributed by atoms with Gasteiger partial charge in [-0.3, -0.25) is 14.7 Å². The smallest absolute Gasteiger partial charge is 0.274 e. The maximum atomic E-state index is 13.2. The Morgan fingerprint density at radius 3 is 2.77 bits per heavy atom. The second-order valence-electron chi connectivity index (χ2n) is 6.92. The van der Waals surface area contributed by atoms with E-state index in [9.17, 15) is 9.59 Å². The summed E-state index contributed by atoms with van der Waals surface area (Å²) in [6, 6.07) is 15.5. The van der Waals surface area contributed by atoms with Crippen LogP contribution in [0.4, 0.5) is 0 Å². The monoisotopic (exact) mass is 347 g/mol. The van der Waals surface area contributed by atoms with Gasteiger partial charge in [-0.25, -0.2) is 0 Å². The number of amides is 1. The van der Waals surface area contributed by atoms with E-state index in [-0.39, 0.29) is 17.6 Å². The lowest BCUT2D eigenvalue weighted by atomic mass is 9.88. The first-order valence-electron chi connectivity index (χ1n) is 8.97. The van der Waals surface area contributed by atoms with Crippen molar-refractivity contribution in [2.24, 2.45) is 5.92 Å². The predicted octanol–water partition coefficient (Wildman–Crippen LogP) is 3.61. The van der Waals surface area contributed by atoms with Gasteiger partial charge >= 0.3 is 0 Å². The van der Waals surface area contributed by atoms with E-state index >= 15 is 0 Å². The number of hydrogen-bond acceptors (Lipinski definition) is 3. The summed E-state index contributed by atoms with van der Waals surface area (Å²) in [6.45, 7) is 2.99. The van der Waals surface area contributed by atoms with Crippen LogP contribution in [0.3, 0.4) is 0 Å². The van der Waals surface area contributed by atoms with Crippen LogP contribution in [-0.2, 0) is 0 Å². The number of nitrogens with zero attached hydrogens (tertiary/aromatic N) is 2. The summed E-state index contributed by atoms with van der Waals surface area (Å²) in [5, 5.41) is 8.90. The molecule has 1 aromatic heterocycles. The fourth-order valence-corrected chi connectivity index (χ4v) is 3.73. The van der Waals surface area contributed by atoms with Gasteiger partial charge in [-0.2, -0.15) is 5.10 Å². The van der Waals surface area contributed by atoms with Crippen LogP contribution in [0.15, 0.2) is 48.5 Å².